The first-order chi connectivity index (χ1) is 10.2. The second-order valence-corrected chi connectivity index (χ2v) is 4.47. The lowest BCUT2D eigenvalue weighted by molar-refractivity contribution is -0.126. The summed E-state index contributed by atoms with van der Waals surface area (Å²) in [4.78, 5) is 23.0. The van der Waals surface area contributed by atoms with Gasteiger partial charge in [0.2, 0.25) is 11.8 Å². The minimum absolute atomic E-state index is 0.00877. The molecule has 1 aromatic rings. The summed E-state index contributed by atoms with van der Waals surface area (Å²) in [5.41, 5.74) is 1.05. The van der Waals surface area contributed by atoms with Crippen molar-refractivity contribution in [2.75, 3.05) is 33.9 Å². The second kappa shape index (κ2) is 9.77. The summed E-state index contributed by atoms with van der Waals surface area (Å²) in [6, 6.07) is 7.56. The van der Waals surface area contributed by atoms with Gasteiger partial charge in [0.25, 0.3) is 0 Å². The zero-order chi connectivity index (χ0) is 15.5. The molecule has 0 saturated carbocycles. The summed E-state index contributed by atoms with van der Waals surface area (Å²) in [7, 11) is 3.17. The summed E-state index contributed by atoms with van der Waals surface area (Å²) < 4.78 is 9.88. The van der Waals surface area contributed by atoms with Crippen LogP contribution in [-0.4, -0.2) is 45.7 Å². The summed E-state index contributed by atoms with van der Waals surface area (Å²) in [5, 5.41) is 5.22. The summed E-state index contributed by atoms with van der Waals surface area (Å²) in [5.74, 6) is 0.425. The predicted molar refractivity (Wildman–Crippen MR) is 79.2 cm³/mol. The molecule has 0 aliphatic rings. The third kappa shape index (κ3) is 7.31. The van der Waals surface area contributed by atoms with Gasteiger partial charge in [0.1, 0.15) is 5.75 Å². The molecule has 0 aliphatic heterocycles. The highest BCUT2D eigenvalue weighted by Crippen LogP contribution is 2.12. The van der Waals surface area contributed by atoms with Crippen LogP contribution in [0.5, 0.6) is 5.75 Å². The van der Waals surface area contributed by atoms with Crippen LogP contribution in [0.2, 0.25) is 0 Å². The van der Waals surface area contributed by atoms with Gasteiger partial charge in [-0.2, -0.15) is 0 Å². The maximum absolute atomic E-state index is 11.6. The topological polar surface area (TPSA) is 76.7 Å². The number of nitrogens with one attached hydrogen (secondary N) is 2. The molecule has 2 amide bonds. The molecular weight excluding hydrogens is 272 g/mol. The number of methoxy groups -OCH3 is 2. The van der Waals surface area contributed by atoms with E-state index < -0.39 is 0 Å². The Morgan fingerprint density at radius 1 is 1.05 bits per heavy atom. The first kappa shape index (κ1) is 17.0. The third-order valence-electron chi connectivity index (χ3n) is 2.87. The number of benzene rings is 1. The summed E-state index contributed by atoms with van der Waals surface area (Å²) in [6.45, 7) is 0.888. The monoisotopic (exact) mass is 294 g/mol. The molecule has 0 saturated heterocycles. The van der Waals surface area contributed by atoms with Crippen molar-refractivity contribution < 1.29 is 19.1 Å². The van der Waals surface area contributed by atoms with Crippen LogP contribution in [0.25, 0.3) is 0 Å². The van der Waals surface area contributed by atoms with E-state index in [1.807, 2.05) is 24.3 Å². The van der Waals surface area contributed by atoms with Crippen molar-refractivity contribution in [3.63, 3.8) is 0 Å². The van der Waals surface area contributed by atoms with Crippen molar-refractivity contribution >= 4 is 11.8 Å². The molecule has 0 spiro atoms. The first-order valence-electron chi connectivity index (χ1n) is 6.81. The minimum Gasteiger partial charge on any atom is -0.497 e. The highest BCUT2D eigenvalue weighted by Gasteiger charge is 2.05. The molecule has 2 N–H and O–H groups in total. The normalized spacial score (nSPS) is 10.0. The number of amides is 2. The van der Waals surface area contributed by atoms with E-state index in [2.05, 4.69) is 10.6 Å². The van der Waals surface area contributed by atoms with Crippen molar-refractivity contribution in [2.45, 2.75) is 12.8 Å². The molecule has 6 nitrogen and oxygen atoms in total. The summed E-state index contributed by atoms with van der Waals surface area (Å²) >= 11 is 0. The molecule has 0 radical (unpaired) electrons. The SMILES string of the molecule is COCCNC(=O)CNC(=O)CCc1ccc(OC)cc1. The van der Waals surface area contributed by atoms with Crippen LogP contribution in [0.15, 0.2) is 24.3 Å². The Morgan fingerprint density at radius 3 is 2.38 bits per heavy atom. The molecule has 1 aromatic carbocycles. The Bertz CT molecular complexity index is 445. The van der Waals surface area contributed by atoms with Crippen LogP contribution in [0.3, 0.4) is 0 Å². The van der Waals surface area contributed by atoms with Gasteiger partial charge in [-0.25, -0.2) is 0 Å². The van der Waals surface area contributed by atoms with Gasteiger partial charge in [0, 0.05) is 20.1 Å². The van der Waals surface area contributed by atoms with Crippen LogP contribution in [0, 0.1) is 0 Å². The molecule has 21 heavy (non-hydrogen) atoms. The van der Waals surface area contributed by atoms with E-state index >= 15 is 0 Å². The fraction of sp³-hybridized carbons (Fsp3) is 0.467. The zero-order valence-electron chi connectivity index (χ0n) is 12.5. The quantitative estimate of drug-likeness (QED) is 0.651. The highest BCUT2D eigenvalue weighted by molar-refractivity contribution is 5.84. The van der Waals surface area contributed by atoms with Crippen LogP contribution in [-0.2, 0) is 20.7 Å². The molecule has 0 aromatic heterocycles. The molecule has 0 atom stereocenters. The maximum Gasteiger partial charge on any atom is 0.239 e. The van der Waals surface area contributed by atoms with Crippen LogP contribution in [0.1, 0.15) is 12.0 Å². The van der Waals surface area contributed by atoms with Crippen molar-refractivity contribution in [3.05, 3.63) is 29.8 Å². The third-order valence-corrected chi connectivity index (χ3v) is 2.87. The minimum atomic E-state index is -0.218. The van der Waals surface area contributed by atoms with Crippen molar-refractivity contribution in [1.82, 2.24) is 10.6 Å². The molecule has 0 heterocycles. The predicted octanol–water partition coefficient (Wildman–Crippen LogP) is 0.507. The van der Waals surface area contributed by atoms with E-state index in [1.165, 1.54) is 0 Å². The lowest BCUT2D eigenvalue weighted by Crippen LogP contribution is -2.38. The molecular formula is C15H22N2O4. The molecule has 6 heteroatoms. The van der Waals surface area contributed by atoms with E-state index in [0.717, 1.165) is 11.3 Å². The van der Waals surface area contributed by atoms with Gasteiger partial charge >= 0.3 is 0 Å². The number of carbonyl (C=O) groups excluding carboxylic acids is 2. The average Bonchev–Trinajstić information content (AvgIpc) is 2.51. The van der Waals surface area contributed by atoms with Gasteiger partial charge in [-0.1, -0.05) is 12.1 Å². The van der Waals surface area contributed by atoms with Crippen molar-refractivity contribution in [3.8, 4) is 5.75 Å². The van der Waals surface area contributed by atoms with E-state index in [-0.39, 0.29) is 18.4 Å². The lowest BCUT2D eigenvalue weighted by Gasteiger charge is -2.07. The highest BCUT2D eigenvalue weighted by atomic mass is 16.5. The Labute approximate surface area is 124 Å². The lowest BCUT2D eigenvalue weighted by atomic mass is 10.1. The Kier molecular flexibility index (Phi) is 7.89. The summed E-state index contributed by atoms with van der Waals surface area (Å²) in [6.07, 6.45) is 0.971. The average molecular weight is 294 g/mol. The zero-order valence-corrected chi connectivity index (χ0v) is 12.5. The van der Waals surface area contributed by atoms with Crippen LogP contribution < -0.4 is 15.4 Å². The van der Waals surface area contributed by atoms with Crippen LogP contribution in [0.4, 0.5) is 0 Å². The molecule has 116 valence electrons. The van der Waals surface area contributed by atoms with E-state index in [4.69, 9.17) is 9.47 Å². The smallest absolute Gasteiger partial charge is 0.239 e. The van der Waals surface area contributed by atoms with E-state index in [0.29, 0.717) is 26.0 Å². The first-order valence-corrected chi connectivity index (χ1v) is 6.81. The van der Waals surface area contributed by atoms with Gasteiger partial charge in [0.05, 0.1) is 20.3 Å². The van der Waals surface area contributed by atoms with Gasteiger partial charge in [-0.15, -0.1) is 0 Å². The molecule has 0 fully saturated rings. The van der Waals surface area contributed by atoms with Gasteiger partial charge in [0.15, 0.2) is 0 Å². The molecule has 0 unspecified atom stereocenters. The second-order valence-electron chi connectivity index (χ2n) is 4.47. The van der Waals surface area contributed by atoms with Crippen LogP contribution >= 0.6 is 0 Å². The largest absolute Gasteiger partial charge is 0.497 e. The number of aryl methyl sites for hydroxylation is 1. The van der Waals surface area contributed by atoms with E-state index in [1.54, 1.807) is 14.2 Å². The Hall–Kier alpha value is -2.08. The fourth-order valence-electron chi connectivity index (χ4n) is 1.67. The van der Waals surface area contributed by atoms with Gasteiger partial charge < -0.3 is 20.1 Å². The van der Waals surface area contributed by atoms with Crippen molar-refractivity contribution in [1.29, 1.82) is 0 Å². The number of carbonyl (C=O) groups is 2. The standard InChI is InChI=1S/C15H22N2O4/c1-20-10-9-16-15(19)11-17-14(18)8-5-12-3-6-13(21-2)7-4-12/h3-4,6-7H,5,8-11H2,1-2H3,(H,16,19)(H,17,18). The fourth-order valence-corrected chi connectivity index (χ4v) is 1.67. The Morgan fingerprint density at radius 2 is 1.76 bits per heavy atom. The molecule has 0 bridgehead atoms. The number of hydrogen-bond donors (Lipinski definition) is 2. The maximum atomic E-state index is 11.6. The molecule has 1 rings (SSSR count). The van der Waals surface area contributed by atoms with Gasteiger partial charge in [-0.05, 0) is 24.1 Å². The number of rotatable bonds is 9. The van der Waals surface area contributed by atoms with E-state index in [9.17, 15) is 9.59 Å². The number of hydrogen-bond acceptors (Lipinski definition) is 4. The number of ether oxygens (including phenoxy) is 2. The Balaban J connectivity index is 2.19. The van der Waals surface area contributed by atoms with Gasteiger partial charge in [-0.3, -0.25) is 9.59 Å². The molecule has 0 aliphatic carbocycles. The van der Waals surface area contributed by atoms with Crippen molar-refractivity contribution in [2.24, 2.45) is 0 Å².